The molecule has 0 aromatic heterocycles. The SMILES string of the molecule is O=S(=O)(Nc1cc(Br)ccc1O)c1ccc2ccccc2c1. The van der Waals surface area contributed by atoms with Crippen LogP contribution >= 0.6 is 15.9 Å². The number of phenols is 1. The third kappa shape index (κ3) is 2.93. The molecule has 0 amide bonds. The number of halogens is 1. The Balaban J connectivity index is 2.02. The van der Waals surface area contributed by atoms with E-state index < -0.39 is 10.0 Å². The van der Waals surface area contributed by atoms with Crippen molar-refractivity contribution in [2.45, 2.75) is 4.90 Å². The number of anilines is 1. The van der Waals surface area contributed by atoms with Crippen LogP contribution in [0.3, 0.4) is 0 Å². The van der Waals surface area contributed by atoms with Crippen LogP contribution < -0.4 is 4.72 Å². The molecule has 3 aromatic rings. The maximum atomic E-state index is 12.5. The Hall–Kier alpha value is -2.05. The Morgan fingerprint density at radius 3 is 2.41 bits per heavy atom. The van der Waals surface area contributed by atoms with Gasteiger partial charge in [-0.25, -0.2) is 8.42 Å². The molecule has 22 heavy (non-hydrogen) atoms. The number of fused-ring (bicyclic) bond motifs is 1. The maximum absolute atomic E-state index is 12.5. The minimum Gasteiger partial charge on any atom is -0.506 e. The predicted octanol–water partition coefficient (Wildman–Crippen LogP) is 4.11. The summed E-state index contributed by atoms with van der Waals surface area (Å²) in [5, 5.41) is 11.6. The van der Waals surface area contributed by atoms with Gasteiger partial charge in [-0.15, -0.1) is 0 Å². The highest BCUT2D eigenvalue weighted by Gasteiger charge is 2.16. The summed E-state index contributed by atoms with van der Waals surface area (Å²) in [6.07, 6.45) is 0. The molecule has 0 aliphatic rings. The molecule has 2 N–H and O–H groups in total. The summed E-state index contributed by atoms with van der Waals surface area (Å²) < 4.78 is 28.0. The third-order valence-corrected chi connectivity index (χ3v) is 5.09. The highest BCUT2D eigenvalue weighted by molar-refractivity contribution is 9.10. The summed E-state index contributed by atoms with van der Waals surface area (Å²) in [7, 11) is -3.77. The number of aromatic hydroxyl groups is 1. The standard InChI is InChI=1S/C16H12BrNO3S/c17-13-6-8-16(19)15(10-13)18-22(20,21)14-7-5-11-3-1-2-4-12(11)9-14/h1-10,18-19H. The molecule has 6 heteroatoms. The minimum atomic E-state index is -3.77. The summed E-state index contributed by atoms with van der Waals surface area (Å²) >= 11 is 3.25. The molecular weight excluding hydrogens is 366 g/mol. The zero-order valence-corrected chi connectivity index (χ0v) is 13.7. The Bertz CT molecular complexity index is 955. The summed E-state index contributed by atoms with van der Waals surface area (Å²) in [6.45, 7) is 0. The maximum Gasteiger partial charge on any atom is 0.262 e. The van der Waals surface area contributed by atoms with Crippen molar-refractivity contribution in [3.8, 4) is 5.75 Å². The molecule has 4 nitrogen and oxygen atoms in total. The molecule has 0 aliphatic carbocycles. The van der Waals surface area contributed by atoms with E-state index >= 15 is 0 Å². The van der Waals surface area contributed by atoms with E-state index in [1.807, 2.05) is 24.3 Å². The fourth-order valence-electron chi connectivity index (χ4n) is 2.13. The summed E-state index contributed by atoms with van der Waals surface area (Å²) in [4.78, 5) is 0.144. The van der Waals surface area contributed by atoms with Crippen LogP contribution in [0.25, 0.3) is 10.8 Å². The van der Waals surface area contributed by atoms with Gasteiger partial charge in [0, 0.05) is 4.47 Å². The smallest absolute Gasteiger partial charge is 0.262 e. The van der Waals surface area contributed by atoms with Gasteiger partial charge in [-0.3, -0.25) is 4.72 Å². The molecule has 3 aromatic carbocycles. The van der Waals surface area contributed by atoms with Crippen LogP contribution in [0.4, 0.5) is 5.69 Å². The number of rotatable bonds is 3. The lowest BCUT2D eigenvalue weighted by Gasteiger charge is -2.10. The minimum absolute atomic E-state index is 0.127. The molecule has 0 fully saturated rings. The monoisotopic (exact) mass is 377 g/mol. The van der Waals surface area contributed by atoms with Crippen molar-refractivity contribution in [1.29, 1.82) is 0 Å². The lowest BCUT2D eigenvalue weighted by atomic mass is 10.1. The van der Waals surface area contributed by atoms with Gasteiger partial charge in [0.15, 0.2) is 0 Å². The Kier molecular flexibility index (Phi) is 3.80. The molecule has 112 valence electrons. The van der Waals surface area contributed by atoms with Crippen molar-refractivity contribution in [3.63, 3.8) is 0 Å². The van der Waals surface area contributed by atoms with Crippen LogP contribution in [0.15, 0.2) is 70.0 Å². The van der Waals surface area contributed by atoms with Crippen molar-refractivity contribution in [2.75, 3.05) is 4.72 Å². The quantitative estimate of drug-likeness (QED) is 0.674. The first-order valence-electron chi connectivity index (χ1n) is 6.46. The Morgan fingerprint density at radius 1 is 0.909 bits per heavy atom. The average molecular weight is 378 g/mol. The number of hydrogen-bond acceptors (Lipinski definition) is 3. The van der Waals surface area contributed by atoms with Crippen molar-refractivity contribution in [1.82, 2.24) is 0 Å². The van der Waals surface area contributed by atoms with Crippen LogP contribution in [-0.2, 0) is 10.0 Å². The van der Waals surface area contributed by atoms with Crippen LogP contribution in [0.1, 0.15) is 0 Å². The van der Waals surface area contributed by atoms with E-state index in [1.165, 1.54) is 12.1 Å². The molecule has 0 unspecified atom stereocenters. The van der Waals surface area contributed by atoms with Gasteiger partial charge in [-0.2, -0.15) is 0 Å². The van der Waals surface area contributed by atoms with E-state index in [0.29, 0.717) is 4.47 Å². The van der Waals surface area contributed by atoms with Gasteiger partial charge in [-0.1, -0.05) is 46.3 Å². The summed E-state index contributed by atoms with van der Waals surface area (Å²) in [5.41, 5.74) is 0.127. The normalized spacial score (nSPS) is 11.5. The molecule has 3 rings (SSSR count). The second kappa shape index (κ2) is 5.62. The zero-order valence-electron chi connectivity index (χ0n) is 11.3. The molecule has 0 saturated heterocycles. The fourth-order valence-corrected chi connectivity index (χ4v) is 3.59. The first-order chi connectivity index (χ1) is 10.5. The number of hydrogen-bond donors (Lipinski definition) is 2. The van der Waals surface area contributed by atoms with Gasteiger partial charge in [0.05, 0.1) is 10.6 Å². The van der Waals surface area contributed by atoms with Crippen molar-refractivity contribution in [2.24, 2.45) is 0 Å². The zero-order chi connectivity index (χ0) is 15.7. The van der Waals surface area contributed by atoms with Gasteiger partial charge >= 0.3 is 0 Å². The average Bonchev–Trinajstić information content (AvgIpc) is 2.50. The van der Waals surface area contributed by atoms with Crippen LogP contribution in [0, 0.1) is 0 Å². The molecule has 0 saturated carbocycles. The Morgan fingerprint density at radius 2 is 1.64 bits per heavy atom. The van der Waals surface area contributed by atoms with Gasteiger partial charge in [0.1, 0.15) is 5.75 Å². The summed E-state index contributed by atoms with van der Waals surface area (Å²) in [6, 6.07) is 17.0. The van der Waals surface area contributed by atoms with Gasteiger partial charge < -0.3 is 5.11 Å². The summed E-state index contributed by atoms with van der Waals surface area (Å²) in [5.74, 6) is -0.132. The van der Waals surface area contributed by atoms with Gasteiger partial charge in [0.25, 0.3) is 10.0 Å². The van der Waals surface area contributed by atoms with Crippen LogP contribution in [0.2, 0.25) is 0 Å². The first kappa shape index (κ1) is 14.9. The largest absolute Gasteiger partial charge is 0.506 e. The molecule has 0 spiro atoms. The van der Waals surface area contributed by atoms with E-state index in [-0.39, 0.29) is 16.3 Å². The lowest BCUT2D eigenvalue weighted by molar-refractivity contribution is 0.477. The van der Waals surface area contributed by atoms with E-state index in [4.69, 9.17) is 0 Å². The first-order valence-corrected chi connectivity index (χ1v) is 8.73. The highest BCUT2D eigenvalue weighted by atomic mass is 79.9. The molecular formula is C16H12BrNO3S. The topological polar surface area (TPSA) is 66.4 Å². The second-order valence-electron chi connectivity index (χ2n) is 4.78. The molecule has 0 atom stereocenters. The van der Waals surface area contributed by atoms with Gasteiger partial charge in [0.2, 0.25) is 0 Å². The third-order valence-electron chi connectivity index (χ3n) is 3.23. The van der Waals surface area contributed by atoms with Crippen molar-refractivity contribution >= 4 is 42.4 Å². The second-order valence-corrected chi connectivity index (χ2v) is 7.37. The van der Waals surface area contributed by atoms with Crippen LogP contribution in [-0.4, -0.2) is 13.5 Å². The number of nitrogens with one attached hydrogen (secondary N) is 1. The van der Waals surface area contributed by atoms with Crippen LogP contribution in [0.5, 0.6) is 5.75 Å². The van der Waals surface area contributed by atoms with E-state index in [1.54, 1.807) is 24.3 Å². The number of phenolic OH excluding ortho intramolecular Hbond substituents is 1. The number of benzene rings is 3. The molecule has 0 heterocycles. The predicted molar refractivity (Wildman–Crippen MR) is 90.6 cm³/mol. The van der Waals surface area contributed by atoms with Crippen molar-refractivity contribution < 1.29 is 13.5 Å². The fraction of sp³-hybridized carbons (Fsp3) is 0. The Labute approximate surface area is 136 Å². The van der Waals surface area contributed by atoms with Crippen molar-refractivity contribution in [3.05, 3.63) is 65.1 Å². The molecule has 0 aliphatic heterocycles. The van der Waals surface area contributed by atoms with E-state index in [0.717, 1.165) is 10.8 Å². The van der Waals surface area contributed by atoms with Gasteiger partial charge in [-0.05, 0) is 41.1 Å². The van der Waals surface area contributed by atoms with E-state index in [2.05, 4.69) is 20.7 Å². The molecule has 0 bridgehead atoms. The van der Waals surface area contributed by atoms with E-state index in [9.17, 15) is 13.5 Å². The highest BCUT2D eigenvalue weighted by Crippen LogP contribution is 2.29. The lowest BCUT2D eigenvalue weighted by Crippen LogP contribution is -2.13. The number of sulfonamides is 1. The molecule has 0 radical (unpaired) electrons.